The van der Waals surface area contributed by atoms with Crippen LogP contribution in [0.1, 0.15) is 18.9 Å². The average molecular weight is 272 g/mol. The third-order valence-corrected chi connectivity index (χ3v) is 2.44. The Morgan fingerprint density at radius 3 is 2.85 bits per heavy atom. The van der Waals surface area contributed by atoms with Gasteiger partial charge >= 0.3 is 0 Å². The molecule has 0 radical (unpaired) electrons. The molecule has 1 heterocycles. The minimum absolute atomic E-state index is 0.270. The molecule has 2 rings (SSSR count). The Labute approximate surface area is 116 Å². The molecular weight excluding hydrogens is 256 g/mol. The fraction of sp³-hybridized carbons (Fsp3) is 0.214. The van der Waals surface area contributed by atoms with Crippen LogP contribution < -0.4 is 10.1 Å². The number of H-pyrrole nitrogens is 1. The number of ether oxygens (including phenoxy) is 1. The summed E-state index contributed by atoms with van der Waals surface area (Å²) in [6, 6.07) is 7.54. The van der Waals surface area contributed by atoms with E-state index in [1.807, 2.05) is 24.3 Å². The van der Waals surface area contributed by atoms with E-state index in [2.05, 4.69) is 27.4 Å². The van der Waals surface area contributed by atoms with Gasteiger partial charge in [-0.15, -0.1) is 0 Å². The largest absolute Gasteiger partial charge is 0.494 e. The summed E-state index contributed by atoms with van der Waals surface area (Å²) in [5.74, 6) is 0.881. The van der Waals surface area contributed by atoms with Crippen molar-refractivity contribution in [3.63, 3.8) is 0 Å². The predicted octanol–water partition coefficient (Wildman–Crippen LogP) is 2.25. The monoisotopic (exact) mass is 272 g/mol. The lowest BCUT2D eigenvalue weighted by Gasteiger charge is -2.03. The summed E-state index contributed by atoms with van der Waals surface area (Å²) in [6.07, 6.45) is 5.46. The molecule has 0 saturated heterocycles. The quantitative estimate of drug-likeness (QED) is 0.790. The first-order chi connectivity index (χ1) is 9.78. The van der Waals surface area contributed by atoms with Gasteiger partial charge in [0.2, 0.25) is 5.95 Å². The number of amides is 1. The number of hydrogen-bond acceptors (Lipinski definition) is 4. The number of aromatic amines is 1. The normalized spacial score (nSPS) is 10.7. The van der Waals surface area contributed by atoms with Crippen molar-refractivity contribution in [3.05, 3.63) is 42.2 Å². The number of carbonyl (C=O) groups is 1. The van der Waals surface area contributed by atoms with Crippen molar-refractivity contribution in [3.8, 4) is 5.75 Å². The maximum Gasteiger partial charge on any atom is 0.250 e. The minimum Gasteiger partial charge on any atom is -0.494 e. The molecule has 0 aliphatic heterocycles. The molecule has 1 aromatic carbocycles. The maximum atomic E-state index is 11.6. The first-order valence-corrected chi connectivity index (χ1v) is 6.35. The highest BCUT2D eigenvalue weighted by Crippen LogP contribution is 2.13. The molecule has 0 unspecified atom stereocenters. The number of anilines is 1. The second kappa shape index (κ2) is 7.08. The zero-order valence-corrected chi connectivity index (χ0v) is 11.2. The first-order valence-electron chi connectivity index (χ1n) is 6.35. The highest BCUT2D eigenvalue weighted by Gasteiger charge is 1.99. The van der Waals surface area contributed by atoms with Crippen molar-refractivity contribution in [1.82, 2.24) is 15.2 Å². The Balaban J connectivity index is 1.88. The van der Waals surface area contributed by atoms with Gasteiger partial charge in [-0.2, -0.15) is 10.1 Å². The third kappa shape index (κ3) is 4.24. The van der Waals surface area contributed by atoms with Crippen molar-refractivity contribution in [2.24, 2.45) is 0 Å². The molecule has 0 bridgehead atoms. The van der Waals surface area contributed by atoms with Crippen LogP contribution in [-0.2, 0) is 4.79 Å². The number of carbonyl (C=O) groups excluding carboxylic acids is 1. The van der Waals surface area contributed by atoms with Crippen LogP contribution in [0.3, 0.4) is 0 Å². The highest BCUT2D eigenvalue weighted by atomic mass is 16.5. The predicted molar refractivity (Wildman–Crippen MR) is 76.3 cm³/mol. The molecule has 1 amide bonds. The van der Waals surface area contributed by atoms with Crippen molar-refractivity contribution in [1.29, 1.82) is 0 Å². The fourth-order valence-electron chi connectivity index (χ4n) is 1.49. The molecule has 0 fully saturated rings. The van der Waals surface area contributed by atoms with Crippen molar-refractivity contribution in [2.45, 2.75) is 13.3 Å². The molecule has 6 nitrogen and oxygen atoms in total. The number of nitrogens with one attached hydrogen (secondary N) is 2. The van der Waals surface area contributed by atoms with E-state index in [-0.39, 0.29) is 5.91 Å². The van der Waals surface area contributed by atoms with E-state index in [0.717, 1.165) is 17.7 Å². The molecule has 0 aliphatic carbocycles. The number of rotatable bonds is 6. The molecule has 0 spiro atoms. The van der Waals surface area contributed by atoms with Crippen LogP contribution in [-0.4, -0.2) is 27.7 Å². The van der Waals surface area contributed by atoms with Crippen molar-refractivity contribution < 1.29 is 9.53 Å². The van der Waals surface area contributed by atoms with Crippen LogP contribution in [0.5, 0.6) is 5.75 Å². The summed E-state index contributed by atoms with van der Waals surface area (Å²) in [5, 5.41) is 8.74. The zero-order chi connectivity index (χ0) is 14.2. The summed E-state index contributed by atoms with van der Waals surface area (Å²) in [6.45, 7) is 2.76. The lowest BCUT2D eigenvalue weighted by molar-refractivity contribution is -0.111. The van der Waals surface area contributed by atoms with Gasteiger partial charge in [0.15, 0.2) is 0 Å². The highest BCUT2D eigenvalue weighted by molar-refractivity contribution is 6.00. The van der Waals surface area contributed by atoms with Crippen LogP contribution in [0.25, 0.3) is 6.08 Å². The summed E-state index contributed by atoms with van der Waals surface area (Å²) >= 11 is 0. The SMILES string of the molecule is CCCOc1ccc(/C=C/C(=O)Nc2ncn[nH]2)cc1. The average Bonchev–Trinajstić information content (AvgIpc) is 2.97. The summed E-state index contributed by atoms with van der Waals surface area (Å²) in [5.41, 5.74) is 0.918. The van der Waals surface area contributed by atoms with Crippen molar-refractivity contribution in [2.75, 3.05) is 11.9 Å². The van der Waals surface area contributed by atoms with Gasteiger partial charge in [0.05, 0.1) is 6.61 Å². The molecule has 104 valence electrons. The van der Waals surface area contributed by atoms with Crippen molar-refractivity contribution >= 4 is 17.9 Å². The third-order valence-electron chi connectivity index (χ3n) is 2.44. The van der Waals surface area contributed by atoms with Crippen LogP contribution in [0.2, 0.25) is 0 Å². The molecule has 2 aromatic rings. The topological polar surface area (TPSA) is 79.9 Å². The van der Waals surface area contributed by atoms with Gasteiger partial charge in [0.25, 0.3) is 5.91 Å². The van der Waals surface area contributed by atoms with Gasteiger partial charge in [0, 0.05) is 6.08 Å². The lowest BCUT2D eigenvalue weighted by Crippen LogP contribution is -2.08. The van der Waals surface area contributed by atoms with Crippen LogP contribution in [0.15, 0.2) is 36.7 Å². The van der Waals surface area contributed by atoms with E-state index < -0.39 is 0 Å². The number of benzene rings is 1. The van der Waals surface area contributed by atoms with E-state index in [4.69, 9.17) is 4.74 Å². The van der Waals surface area contributed by atoms with Crippen LogP contribution >= 0.6 is 0 Å². The minimum atomic E-state index is -0.270. The molecule has 0 atom stereocenters. The lowest BCUT2D eigenvalue weighted by atomic mass is 10.2. The van der Waals surface area contributed by atoms with E-state index >= 15 is 0 Å². The van der Waals surface area contributed by atoms with Crippen LogP contribution in [0, 0.1) is 0 Å². The number of aromatic nitrogens is 3. The Morgan fingerprint density at radius 2 is 2.20 bits per heavy atom. The number of hydrogen-bond donors (Lipinski definition) is 2. The van der Waals surface area contributed by atoms with Gasteiger partial charge in [-0.1, -0.05) is 19.1 Å². The van der Waals surface area contributed by atoms with Gasteiger partial charge in [0.1, 0.15) is 12.1 Å². The van der Waals surface area contributed by atoms with E-state index in [1.54, 1.807) is 6.08 Å². The Kier molecular flexibility index (Phi) is 4.88. The molecule has 1 aromatic heterocycles. The van der Waals surface area contributed by atoms with Gasteiger partial charge in [-0.3, -0.25) is 10.1 Å². The van der Waals surface area contributed by atoms with E-state index in [9.17, 15) is 4.79 Å². The molecule has 20 heavy (non-hydrogen) atoms. The molecule has 6 heteroatoms. The summed E-state index contributed by atoms with van der Waals surface area (Å²) < 4.78 is 5.48. The second-order valence-corrected chi connectivity index (χ2v) is 4.07. The Morgan fingerprint density at radius 1 is 1.40 bits per heavy atom. The number of nitrogens with zero attached hydrogens (tertiary/aromatic N) is 2. The molecule has 0 saturated carbocycles. The summed E-state index contributed by atoms with van der Waals surface area (Å²) in [7, 11) is 0. The summed E-state index contributed by atoms with van der Waals surface area (Å²) in [4.78, 5) is 15.4. The molecular formula is C14H16N4O2. The Hall–Kier alpha value is -2.63. The zero-order valence-electron chi connectivity index (χ0n) is 11.2. The van der Waals surface area contributed by atoms with E-state index in [0.29, 0.717) is 12.6 Å². The fourth-order valence-corrected chi connectivity index (χ4v) is 1.49. The second-order valence-electron chi connectivity index (χ2n) is 4.07. The van der Waals surface area contributed by atoms with Gasteiger partial charge < -0.3 is 4.74 Å². The molecule has 2 N–H and O–H groups in total. The first kappa shape index (κ1) is 13.8. The molecule has 0 aliphatic rings. The van der Waals surface area contributed by atoms with Gasteiger partial charge in [-0.25, -0.2) is 5.10 Å². The standard InChI is InChI=1S/C14H16N4O2/c1-2-9-20-12-6-3-11(4-7-12)5-8-13(19)17-14-15-10-16-18-14/h3-8,10H,2,9H2,1H3,(H2,15,16,17,18,19)/b8-5+. The van der Waals surface area contributed by atoms with Gasteiger partial charge in [-0.05, 0) is 30.2 Å². The smallest absolute Gasteiger partial charge is 0.250 e. The van der Waals surface area contributed by atoms with Crippen LogP contribution in [0.4, 0.5) is 5.95 Å². The Bertz CT molecular complexity index is 561. The van der Waals surface area contributed by atoms with E-state index in [1.165, 1.54) is 12.4 Å². The maximum absolute atomic E-state index is 11.6.